The molecule has 1 rings (SSSR count). The van der Waals surface area contributed by atoms with Crippen LogP contribution in [0.15, 0.2) is 18.2 Å². The van der Waals surface area contributed by atoms with Gasteiger partial charge >= 0.3 is 5.97 Å². The molecule has 14 heavy (non-hydrogen) atoms. The van der Waals surface area contributed by atoms with E-state index in [2.05, 4.69) is 24.5 Å². The van der Waals surface area contributed by atoms with E-state index in [0.29, 0.717) is 11.3 Å². The standard InChI is InChI=1S/C11H10O2S/c1-8-4-5-9(3-2-6-14)10(7-8)11(12)13/h4-5,7,14H,6H2,1H3,(H,12,13). The van der Waals surface area contributed by atoms with Crippen LogP contribution < -0.4 is 0 Å². The smallest absolute Gasteiger partial charge is 0.336 e. The van der Waals surface area contributed by atoms with Gasteiger partial charge in [0.05, 0.1) is 11.3 Å². The van der Waals surface area contributed by atoms with Crippen molar-refractivity contribution in [3.05, 3.63) is 34.9 Å². The average Bonchev–Trinajstić information content (AvgIpc) is 2.15. The minimum absolute atomic E-state index is 0.249. The lowest BCUT2D eigenvalue weighted by Gasteiger charge is -2.00. The van der Waals surface area contributed by atoms with E-state index in [1.807, 2.05) is 13.0 Å². The quantitative estimate of drug-likeness (QED) is 0.544. The Kier molecular flexibility index (Phi) is 3.61. The van der Waals surface area contributed by atoms with Gasteiger partial charge in [-0.1, -0.05) is 23.5 Å². The Balaban J connectivity index is 3.22. The molecule has 1 aromatic carbocycles. The molecule has 2 nitrogen and oxygen atoms in total. The Morgan fingerprint density at radius 1 is 1.57 bits per heavy atom. The molecule has 1 N–H and O–H groups in total. The molecule has 0 aliphatic heterocycles. The molecule has 0 atom stereocenters. The minimum atomic E-state index is -0.947. The monoisotopic (exact) mass is 206 g/mol. The van der Waals surface area contributed by atoms with Gasteiger partial charge in [0, 0.05) is 5.56 Å². The number of aryl methyl sites for hydroxylation is 1. The molecule has 3 heteroatoms. The Morgan fingerprint density at radius 2 is 2.29 bits per heavy atom. The van der Waals surface area contributed by atoms with Crippen LogP contribution in [0.4, 0.5) is 0 Å². The molecular weight excluding hydrogens is 196 g/mol. The molecule has 0 spiro atoms. The molecule has 1 aromatic rings. The lowest BCUT2D eigenvalue weighted by molar-refractivity contribution is 0.0696. The first kappa shape index (κ1) is 10.7. The second kappa shape index (κ2) is 4.73. The van der Waals surface area contributed by atoms with Gasteiger partial charge in [0.1, 0.15) is 0 Å². The van der Waals surface area contributed by atoms with Gasteiger partial charge < -0.3 is 5.11 Å². The highest BCUT2D eigenvalue weighted by molar-refractivity contribution is 7.80. The fourth-order valence-corrected chi connectivity index (χ4v) is 1.16. The summed E-state index contributed by atoms with van der Waals surface area (Å²) in [6.45, 7) is 1.85. The molecule has 0 aromatic heterocycles. The highest BCUT2D eigenvalue weighted by Gasteiger charge is 2.07. The summed E-state index contributed by atoms with van der Waals surface area (Å²) in [6, 6.07) is 5.18. The molecule has 0 fully saturated rings. The van der Waals surface area contributed by atoms with Crippen molar-refractivity contribution in [3.63, 3.8) is 0 Å². The Bertz CT molecular complexity index is 413. The summed E-state index contributed by atoms with van der Waals surface area (Å²) in [5.74, 6) is 4.97. The van der Waals surface area contributed by atoms with Crippen LogP contribution in [0, 0.1) is 18.8 Å². The zero-order chi connectivity index (χ0) is 10.6. The lowest BCUT2D eigenvalue weighted by atomic mass is 10.1. The van der Waals surface area contributed by atoms with Gasteiger partial charge in [-0.15, -0.1) is 0 Å². The fraction of sp³-hybridized carbons (Fsp3) is 0.182. The van der Waals surface area contributed by atoms with Crippen molar-refractivity contribution < 1.29 is 9.90 Å². The summed E-state index contributed by atoms with van der Waals surface area (Å²) in [4.78, 5) is 10.9. The third kappa shape index (κ3) is 2.54. The normalized spacial score (nSPS) is 9.00. The molecule has 72 valence electrons. The van der Waals surface area contributed by atoms with Gasteiger partial charge in [0.25, 0.3) is 0 Å². The molecule has 0 saturated heterocycles. The van der Waals surface area contributed by atoms with Crippen LogP contribution in [0.3, 0.4) is 0 Å². The third-order valence-corrected chi connectivity index (χ3v) is 1.87. The molecule has 0 aliphatic rings. The van der Waals surface area contributed by atoms with Crippen molar-refractivity contribution >= 4 is 18.6 Å². The number of aromatic carboxylic acids is 1. The van der Waals surface area contributed by atoms with Gasteiger partial charge in [-0.25, -0.2) is 4.79 Å². The zero-order valence-electron chi connectivity index (χ0n) is 7.74. The van der Waals surface area contributed by atoms with E-state index < -0.39 is 5.97 Å². The number of carboxylic acids is 1. The van der Waals surface area contributed by atoms with Crippen LogP contribution in [0.25, 0.3) is 0 Å². The van der Waals surface area contributed by atoms with Crippen LogP contribution in [0.5, 0.6) is 0 Å². The predicted octanol–water partition coefficient (Wildman–Crippen LogP) is 1.97. The number of rotatable bonds is 1. The summed E-state index contributed by atoms with van der Waals surface area (Å²) in [5, 5.41) is 8.90. The van der Waals surface area contributed by atoms with Gasteiger partial charge in [-0.3, -0.25) is 0 Å². The van der Waals surface area contributed by atoms with Crippen LogP contribution in [0.2, 0.25) is 0 Å². The summed E-state index contributed by atoms with van der Waals surface area (Å²) >= 11 is 3.94. The average molecular weight is 206 g/mol. The molecule has 0 unspecified atom stereocenters. The second-order valence-corrected chi connectivity index (χ2v) is 3.13. The van der Waals surface area contributed by atoms with Crippen molar-refractivity contribution in [2.45, 2.75) is 6.92 Å². The summed E-state index contributed by atoms with van der Waals surface area (Å²) < 4.78 is 0. The molecular formula is C11H10O2S. The molecule has 0 heterocycles. The highest BCUT2D eigenvalue weighted by atomic mass is 32.1. The van der Waals surface area contributed by atoms with Gasteiger partial charge in [0.2, 0.25) is 0 Å². The first-order chi connectivity index (χ1) is 6.65. The number of carbonyl (C=O) groups is 1. The summed E-state index contributed by atoms with van der Waals surface area (Å²) in [7, 11) is 0. The number of carboxylic acid groups (broad SMARTS) is 1. The van der Waals surface area contributed by atoms with Crippen LogP contribution in [-0.2, 0) is 0 Å². The number of benzene rings is 1. The minimum Gasteiger partial charge on any atom is -0.478 e. The van der Waals surface area contributed by atoms with Gasteiger partial charge in [-0.05, 0) is 19.1 Å². The zero-order valence-corrected chi connectivity index (χ0v) is 8.64. The molecule has 0 amide bonds. The van der Waals surface area contributed by atoms with Crippen molar-refractivity contribution in [1.29, 1.82) is 0 Å². The maximum Gasteiger partial charge on any atom is 0.336 e. The maximum atomic E-state index is 10.9. The molecule has 0 saturated carbocycles. The van der Waals surface area contributed by atoms with E-state index >= 15 is 0 Å². The first-order valence-corrected chi connectivity index (χ1v) is 4.72. The third-order valence-electron chi connectivity index (χ3n) is 1.71. The summed E-state index contributed by atoms with van der Waals surface area (Å²) in [6.07, 6.45) is 0. The fourth-order valence-electron chi connectivity index (χ4n) is 1.08. The van der Waals surface area contributed by atoms with Crippen molar-refractivity contribution in [3.8, 4) is 11.8 Å². The Hall–Kier alpha value is -1.40. The van der Waals surface area contributed by atoms with Gasteiger partial charge in [0.15, 0.2) is 0 Å². The molecule has 0 bridgehead atoms. The van der Waals surface area contributed by atoms with Crippen LogP contribution >= 0.6 is 12.6 Å². The Morgan fingerprint density at radius 3 is 2.86 bits per heavy atom. The van der Waals surface area contributed by atoms with Crippen molar-refractivity contribution in [2.24, 2.45) is 0 Å². The van der Waals surface area contributed by atoms with E-state index in [1.165, 1.54) is 0 Å². The second-order valence-electron chi connectivity index (χ2n) is 2.81. The molecule has 0 aliphatic carbocycles. The van der Waals surface area contributed by atoms with E-state index in [4.69, 9.17) is 5.11 Å². The lowest BCUT2D eigenvalue weighted by Crippen LogP contribution is -2.00. The van der Waals surface area contributed by atoms with Crippen molar-refractivity contribution in [2.75, 3.05) is 5.75 Å². The highest BCUT2D eigenvalue weighted by Crippen LogP contribution is 2.10. The maximum absolute atomic E-state index is 10.9. The predicted molar refractivity (Wildman–Crippen MR) is 58.9 cm³/mol. The molecule has 0 radical (unpaired) electrons. The first-order valence-electron chi connectivity index (χ1n) is 4.09. The number of hydrogen-bond acceptors (Lipinski definition) is 2. The SMILES string of the molecule is Cc1ccc(C#CCS)c(C(=O)O)c1. The largest absolute Gasteiger partial charge is 0.478 e. The Labute approximate surface area is 88.4 Å². The topological polar surface area (TPSA) is 37.3 Å². The van der Waals surface area contributed by atoms with E-state index in [1.54, 1.807) is 12.1 Å². The van der Waals surface area contributed by atoms with Crippen LogP contribution in [-0.4, -0.2) is 16.8 Å². The van der Waals surface area contributed by atoms with E-state index in [-0.39, 0.29) is 5.56 Å². The van der Waals surface area contributed by atoms with E-state index in [0.717, 1.165) is 5.56 Å². The van der Waals surface area contributed by atoms with Crippen LogP contribution in [0.1, 0.15) is 21.5 Å². The number of thiol groups is 1. The summed E-state index contributed by atoms with van der Waals surface area (Å²) in [5.41, 5.74) is 1.70. The number of hydrogen-bond donors (Lipinski definition) is 2. The van der Waals surface area contributed by atoms with E-state index in [9.17, 15) is 4.79 Å². The van der Waals surface area contributed by atoms with Gasteiger partial charge in [-0.2, -0.15) is 12.6 Å². The van der Waals surface area contributed by atoms with Crippen molar-refractivity contribution in [1.82, 2.24) is 0 Å².